The number of fused-ring (bicyclic) bond motifs is 1. The van der Waals surface area contributed by atoms with Gasteiger partial charge in [0.05, 0.1) is 11.4 Å². The van der Waals surface area contributed by atoms with Crippen molar-refractivity contribution in [3.8, 4) is 0 Å². The van der Waals surface area contributed by atoms with Crippen molar-refractivity contribution in [2.24, 2.45) is 0 Å². The molecule has 6 nitrogen and oxygen atoms in total. The zero-order valence-electron chi connectivity index (χ0n) is 20.4. The van der Waals surface area contributed by atoms with Crippen LogP contribution in [0, 0.1) is 5.82 Å². The lowest BCUT2D eigenvalue weighted by Crippen LogP contribution is -2.59. The Morgan fingerprint density at radius 1 is 1.14 bits per heavy atom. The summed E-state index contributed by atoms with van der Waals surface area (Å²) in [5.41, 5.74) is -0.00363. The highest BCUT2D eigenvalue weighted by atomic mass is 35.5. The normalized spacial score (nSPS) is 23.7. The molecule has 0 radical (unpaired) electrons. The number of piperazine rings is 1. The largest absolute Gasteiger partial charge is 0.311 e. The molecule has 10 heteroatoms. The molecule has 1 fully saturated rings. The van der Waals surface area contributed by atoms with Crippen molar-refractivity contribution >= 4 is 46.2 Å². The number of nitrogens with one attached hydrogen (secondary N) is 1. The molecule has 1 amide bonds. The molecule has 1 unspecified atom stereocenters. The van der Waals surface area contributed by atoms with E-state index in [0.717, 1.165) is 13.0 Å². The van der Waals surface area contributed by atoms with Crippen molar-refractivity contribution in [2.45, 2.75) is 61.9 Å². The zero-order valence-corrected chi connectivity index (χ0v) is 22.9. The third-order valence-corrected chi connectivity index (χ3v) is 9.25. The lowest BCUT2D eigenvalue weighted by atomic mass is 9.86. The SMILES string of the molecule is CC[C@H]1CN[C@H](C)CN1CC(=O)N1c2ccc(F)cc2C(C)(C)C1S(=O)(=O)c1ccccc1.Cl.Cl. The molecule has 3 atom stereocenters. The van der Waals surface area contributed by atoms with Gasteiger partial charge in [-0.2, -0.15) is 0 Å². The highest BCUT2D eigenvalue weighted by Crippen LogP contribution is 2.48. The van der Waals surface area contributed by atoms with Crippen LogP contribution < -0.4 is 10.2 Å². The summed E-state index contributed by atoms with van der Waals surface area (Å²) in [4.78, 5) is 17.5. The molecular weight excluding hydrogens is 512 g/mol. The van der Waals surface area contributed by atoms with Gasteiger partial charge in [-0.15, -0.1) is 24.8 Å². The van der Waals surface area contributed by atoms with Crippen molar-refractivity contribution in [3.63, 3.8) is 0 Å². The molecule has 2 aliphatic heterocycles. The Morgan fingerprint density at radius 2 is 1.80 bits per heavy atom. The molecule has 1 saturated heterocycles. The molecule has 0 saturated carbocycles. The molecule has 0 aliphatic carbocycles. The van der Waals surface area contributed by atoms with Gasteiger partial charge in [0.1, 0.15) is 5.82 Å². The number of anilines is 1. The fourth-order valence-electron chi connectivity index (χ4n) is 5.23. The summed E-state index contributed by atoms with van der Waals surface area (Å²) in [6, 6.07) is 12.8. The van der Waals surface area contributed by atoms with E-state index in [-0.39, 0.29) is 54.2 Å². The second-order valence-electron chi connectivity index (χ2n) is 9.66. The fourth-order valence-corrected chi connectivity index (χ4v) is 7.43. The molecule has 0 spiro atoms. The summed E-state index contributed by atoms with van der Waals surface area (Å²) in [6.07, 6.45) is 0.881. The molecule has 2 aliphatic rings. The van der Waals surface area contributed by atoms with Crippen LogP contribution in [0.2, 0.25) is 0 Å². The van der Waals surface area contributed by atoms with E-state index in [1.807, 2.05) is 0 Å². The average Bonchev–Trinajstić information content (AvgIpc) is 3.02. The summed E-state index contributed by atoms with van der Waals surface area (Å²) in [5.74, 6) is -0.737. The van der Waals surface area contributed by atoms with E-state index in [1.54, 1.807) is 44.2 Å². The number of amides is 1. The van der Waals surface area contributed by atoms with Gasteiger partial charge in [-0.1, -0.05) is 39.0 Å². The zero-order chi connectivity index (χ0) is 24.0. The summed E-state index contributed by atoms with van der Waals surface area (Å²) >= 11 is 0. The van der Waals surface area contributed by atoms with Crippen molar-refractivity contribution in [1.82, 2.24) is 10.2 Å². The molecule has 0 bridgehead atoms. The highest BCUT2D eigenvalue weighted by Gasteiger charge is 2.54. The smallest absolute Gasteiger partial charge is 0.242 e. The van der Waals surface area contributed by atoms with Crippen LogP contribution in [-0.2, 0) is 20.0 Å². The predicted octanol–water partition coefficient (Wildman–Crippen LogP) is 4.17. The van der Waals surface area contributed by atoms with Gasteiger partial charge in [-0.25, -0.2) is 12.8 Å². The highest BCUT2D eigenvalue weighted by molar-refractivity contribution is 7.92. The number of carbonyl (C=O) groups excluding carboxylic acids is 1. The minimum absolute atomic E-state index is 0. The van der Waals surface area contributed by atoms with Crippen molar-refractivity contribution < 1.29 is 17.6 Å². The number of nitrogens with zero attached hydrogens (tertiary/aromatic N) is 2. The van der Waals surface area contributed by atoms with Crippen molar-refractivity contribution in [1.29, 1.82) is 0 Å². The number of hydrogen-bond acceptors (Lipinski definition) is 5. The van der Waals surface area contributed by atoms with E-state index in [0.29, 0.717) is 17.8 Å². The van der Waals surface area contributed by atoms with Crippen LogP contribution in [0.1, 0.15) is 39.7 Å². The van der Waals surface area contributed by atoms with Gasteiger partial charge in [0.2, 0.25) is 15.7 Å². The summed E-state index contributed by atoms with van der Waals surface area (Å²) in [7, 11) is -3.94. The first kappa shape index (κ1) is 29.5. The van der Waals surface area contributed by atoms with Crippen LogP contribution in [0.15, 0.2) is 53.4 Å². The molecular formula is C25H34Cl2FN3O3S. The van der Waals surface area contributed by atoms with Gasteiger partial charge in [0, 0.05) is 36.3 Å². The van der Waals surface area contributed by atoms with E-state index in [1.165, 1.54) is 23.1 Å². The van der Waals surface area contributed by atoms with Gasteiger partial charge in [0.25, 0.3) is 0 Å². The molecule has 4 rings (SSSR count). The number of halogens is 3. The Balaban J connectivity index is 0.00000216. The van der Waals surface area contributed by atoms with Crippen LogP contribution in [-0.4, -0.2) is 56.3 Å². The van der Waals surface area contributed by atoms with Crippen LogP contribution in [0.25, 0.3) is 0 Å². The van der Waals surface area contributed by atoms with E-state index >= 15 is 0 Å². The van der Waals surface area contributed by atoms with Gasteiger partial charge >= 0.3 is 0 Å². The third-order valence-electron chi connectivity index (χ3n) is 6.93. The number of rotatable bonds is 5. The fraction of sp³-hybridized carbons (Fsp3) is 0.480. The molecule has 2 aromatic carbocycles. The Bertz CT molecular complexity index is 1150. The van der Waals surface area contributed by atoms with E-state index in [2.05, 4.69) is 24.1 Å². The maximum Gasteiger partial charge on any atom is 0.242 e. The minimum Gasteiger partial charge on any atom is -0.311 e. The van der Waals surface area contributed by atoms with Crippen LogP contribution in [0.5, 0.6) is 0 Å². The lowest BCUT2D eigenvalue weighted by molar-refractivity contribution is -0.121. The van der Waals surface area contributed by atoms with E-state index < -0.39 is 26.4 Å². The summed E-state index contributed by atoms with van der Waals surface area (Å²) in [5, 5.41) is 2.27. The topological polar surface area (TPSA) is 69.7 Å². The Morgan fingerprint density at radius 3 is 2.43 bits per heavy atom. The number of carbonyl (C=O) groups is 1. The van der Waals surface area contributed by atoms with Gasteiger partial charge in [-0.3, -0.25) is 14.6 Å². The Hall–Kier alpha value is -1.71. The minimum atomic E-state index is -3.94. The number of benzene rings is 2. The van der Waals surface area contributed by atoms with E-state index in [4.69, 9.17) is 0 Å². The number of sulfone groups is 1. The third kappa shape index (κ3) is 5.37. The second-order valence-corrected chi connectivity index (χ2v) is 11.7. The van der Waals surface area contributed by atoms with Crippen LogP contribution in [0.4, 0.5) is 10.1 Å². The Labute approximate surface area is 220 Å². The maximum absolute atomic E-state index is 14.2. The van der Waals surface area contributed by atoms with E-state index in [9.17, 15) is 17.6 Å². The Kier molecular flexibility index (Phi) is 9.39. The average molecular weight is 547 g/mol. The maximum atomic E-state index is 14.2. The van der Waals surface area contributed by atoms with Crippen molar-refractivity contribution in [2.75, 3.05) is 24.5 Å². The first-order valence-corrected chi connectivity index (χ1v) is 13.0. The molecule has 2 aromatic rings. The van der Waals surface area contributed by atoms with Crippen molar-refractivity contribution in [3.05, 3.63) is 59.9 Å². The molecule has 2 heterocycles. The molecule has 194 valence electrons. The first-order chi connectivity index (χ1) is 15.6. The van der Waals surface area contributed by atoms with Gasteiger partial charge in [0.15, 0.2) is 5.37 Å². The molecule has 1 N–H and O–H groups in total. The monoisotopic (exact) mass is 545 g/mol. The van der Waals surface area contributed by atoms with Gasteiger partial charge < -0.3 is 5.32 Å². The first-order valence-electron chi connectivity index (χ1n) is 11.5. The predicted molar refractivity (Wildman–Crippen MR) is 142 cm³/mol. The van der Waals surface area contributed by atoms with Crippen LogP contribution >= 0.6 is 24.8 Å². The quantitative estimate of drug-likeness (QED) is 0.610. The van der Waals surface area contributed by atoms with Crippen LogP contribution in [0.3, 0.4) is 0 Å². The standard InChI is InChI=1S/C25H32FN3O3S.2ClH/c1-5-19-14-27-17(2)15-28(19)16-23(30)29-22-12-11-18(26)13-21(22)25(3,4)24(29)33(31,32)20-9-7-6-8-10-20;;/h6-13,17,19,24,27H,5,14-16H2,1-4H3;2*1H/t17-,19+,24?;;/m1../s1. The second kappa shape index (κ2) is 11.1. The molecule has 35 heavy (non-hydrogen) atoms. The molecule has 0 aromatic heterocycles. The van der Waals surface area contributed by atoms with Gasteiger partial charge in [-0.05, 0) is 49.2 Å². The number of hydrogen-bond donors (Lipinski definition) is 1. The lowest BCUT2D eigenvalue weighted by Gasteiger charge is -2.40. The summed E-state index contributed by atoms with van der Waals surface area (Å²) < 4.78 is 42.0. The summed E-state index contributed by atoms with van der Waals surface area (Å²) in [6.45, 7) is 9.29.